The third-order valence-corrected chi connectivity index (χ3v) is 2.52. The number of nitrogens with zero attached hydrogens (tertiary/aromatic N) is 1. The highest BCUT2D eigenvalue weighted by Crippen LogP contribution is 2.29. The first-order chi connectivity index (χ1) is 7.65. The van der Waals surface area contributed by atoms with Crippen molar-refractivity contribution in [3.63, 3.8) is 0 Å². The summed E-state index contributed by atoms with van der Waals surface area (Å²) >= 11 is 0. The topological polar surface area (TPSA) is 63.4 Å². The van der Waals surface area contributed by atoms with E-state index in [1.54, 1.807) is 0 Å². The van der Waals surface area contributed by atoms with Gasteiger partial charge in [-0.15, -0.1) is 0 Å². The molecule has 1 aliphatic rings. The quantitative estimate of drug-likeness (QED) is 0.766. The van der Waals surface area contributed by atoms with Crippen LogP contribution in [-0.4, -0.2) is 24.8 Å². The summed E-state index contributed by atoms with van der Waals surface area (Å²) < 4.78 is 13.0. The second-order valence-electron chi connectivity index (χ2n) is 3.59. The lowest BCUT2D eigenvalue weighted by Crippen LogP contribution is -2.31. The Morgan fingerprint density at radius 1 is 1.31 bits per heavy atom. The zero-order valence-corrected chi connectivity index (χ0v) is 8.57. The number of hydrogen-bond donors (Lipinski definition) is 1. The molecule has 0 aromatic heterocycles. The normalized spacial score (nSPS) is 14.5. The molecule has 1 aliphatic heterocycles. The lowest BCUT2D eigenvalue weighted by atomic mass is 10.1. The summed E-state index contributed by atoms with van der Waals surface area (Å²) in [6, 6.07) is 3.72. The molecule has 0 fully saturated rings. The minimum Gasteiger partial charge on any atom is -0.330 e. The van der Waals surface area contributed by atoms with Crippen molar-refractivity contribution in [2.24, 2.45) is 5.73 Å². The summed E-state index contributed by atoms with van der Waals surface area (Å²) in [6.45, 7) is 0.764. The van der Waals surface area contributed by atoms with E-state index in [0.717, 1.165) is 0 Å². The van der Waals surface area contributed by atoms with Gasteiger partial charge < -0.3 is 10.6 Å². The van der Waals surface area contributed by atoms with Crippen LogP contribution in [0.15, 0.2) is 18.2 Å². The predicted octanol–water partition coefficient (Wildman–Crippen LogP) is 0.704. The Bertz CT molecular complexity index is 459. The molecule has 1 aromatic carbocycles. The summed E-state index contributed by atoms with van der Waals surface area (Å²) in [4.78, 5) is 24.4. The number of carbonyl (C=O) groups excluding carboxylic acids is 2. The van der Waals surface area contributed by atoms with Gasteiger partial charge in [-0.2, -0.15) is 0 Å². The third kappa shape index (κ3) is 1.59. The number of rotatable bonds is 3. The van der Waals surface area contributed by atoms with Gasteiger partial charge in [-0.25, -0.2) is 4.39 Å². The number of halogens is 1. The maximum atomic E-state index is 13.0. The van der Waals surface area contributed by atoms with Crippen LogP contribution >= 0.6 is 0 Å². The zero-order chi connectivity index (χ0) is 11.7. The van der Waals surface area contributed by atoms with Crippen molar-refractivity contribution < 1.29 is 14.0 Å². The number of hydrogen-bond acceptors (Lipinski definition) is 3. The van der Waals surface area contributed by atoms with Gasteiger partial charge in [0.2, 0.25) is 0 Å². The standard InChI is InChI=1S/C11H11FN2O2/c12-7-2-3-8-9(6-7)14(5-1-4-13)11(16)10(8)15/h2-3,6H,1,4-5,13H2. The van der Waals surface area contributed by atoms with Gasteiger partial charge in [-0.05, 0) is 31.2 Å². The van der Waals surface area contributed by atoms with Crippen molar-refractivity contribution in [2.75, 3.05) is 18.0 Å². The average Bonchev–Trinajstić information content (AvgIpc) is 2.50. The minimum atomic E-state index is -0.603. The molecule has 1 aromatic rings. The van der Waals surface area contributed by atoms with E-state index in [2.05, 4.69) is 0 Å². The van der Waals surface area contributed by atoms with Crippen LogP contribution in [0.1, 0.15) is 16.8 Å². The van der Waals surface area contributed by atoms with Crippen LogP contribution in [0, 0.1) is 5.82 Å². The zero-order valence-electron chi connectivity index (χ0n) is 8.57. The van der Waals surface area contributed by atoms with Gasteiger partial charge in [0.25, 0.3) is 11.7 Å². The van der Waals surface area contributed by atoms with Gasteiger partial charge in [0.05, 0.1) is 11.3 Å². The lowest BCUT2D eigenvalue weighted by molar-refractivity contribution is -0.114. The number of anilines is 1. The third-order valence-electron chi connectivity index (χ3n) is 2.52. The fourth-order valence-corrected chi connectivity index (χ4v) is 1.74. The van der Waals surface area contributed by atoms with E-state index in [-0.39, 0.29) is 5.56 Å². The van der Waals surface area contributed by atoms with Gasteiger partial charge in [0.1, 0.15) is 5.82 Å². The van der Waals surface area contributed by atoms with E-state index in [0.29, 0.717) is 25.2 Å². The second kappa shape index (κ2) is 4.02. The Morgan fingerprint density at radius 2 is 2.06 bits per heavy atom. The predicted molar refractivity (Wildman–Crippen MR) is 56.8 cm³/mol. The molecule has 16 heavy (non-hydrogen) atoms. The lowest BCUT2D eigenvalue weighted by Gasteiger charge is -2.15. The molecule has 0 atom stereocenters. The Labute approximate surface area is 91.8 Å². The Hall–Kier alpha value is -1.75. The number of ketones is 1. The average molecular weight is 222 g/mol. The number of Topliss-reactive ketones (excluding diaryl/α,β-unsaturated/α-hetero) is 1. The van der Waals surface area contributed by atoms with Gasteiger partial charge in [0.15, 0.2) is 0 Å². The van der Waals surface area contributed by atoms with Crippen molar-refractivity contribution in [3.8, 4) is 0 Å². The molecule has 1 heterocycles. The second-order valence-corrected chi connectivity index (χ2v) is 3.59. The minimum absolute atomic E-state index is 0.267. The molecule has 5 heteroatoms. The Morgan fingerprint density at radius 3 is 2.75 bits per heavy atom. The summed E-state index contributed by atoms with van der Waals surface area (Å²) in [5.74, 6) is -1.64. The van der Waals surface area contributed by atoms with Gasteiger partial charge in [-0.3, -0.25) is 9.59 Å². The van der Waals surface area contributed by atoms with E-state index in [1.807, 2.05) is 0 Å². The summed E-state index contributed by atoms with van der Waals surface area (Å²) in [5, 5.41) is 0. The van der Waals surface area contributed by atoms with Crippen LogP contribution in [-0.2, 0) is 4.79 Å². The summed E-state index contributed by atoms with van der Waals surface area (Å²) in [5.41, 5.74) is 5.96. The largest absolute Gasteiger partial charge is 0.330 e. The van der Waals surface area contributed by atoms with Gasteiger partial charge >= 0.3 is 0 Å². The van der Waals surface area contributed by atoms with Crippen molar-refractivity contribution in [3.05, 3.63) is 29.6 Å². The maximum Gasteiger partial charge on any atom is 0.299 e. The highest BCUT2D eigenvalue weighted by atomic mass is 19.1. The van der Waals surface area contributed by atoms with Crippen LogP contribution in [0.25, 0.3) is 0 Å². The molecule has 0 bridgehead atoms. The number of carbonyl (C=O) groups is 2. The SMILES string of the molecule is NCCCN1C(=O)C(=O)c2ccc(F)cc21. The molecule has 0 saturated heterocycles. The first kappa shape index (κ1) is 10.8. The van der Waals surface area contributed by atoms with Crippen LogP contribution < -0.4 is 10.6 Å². The van der Waals surface area contributed by atoms with Crippen LogP contribution in [0.3, 0.4) is 0 Å². The molecule has 0 unspecified atom stereocenters. The van der Waals surface area contributed by atoms with Crippen LogP contribution in [0.5, 0.6) is 0 Å². The molecular weight excluding hydrogens is 211 g/mol. The first-order valence-electron chi connectivity index (χ1n) is 5.01. The fraction of sp³-hybridized carbons (Fsp3) is 0.273. The van der Waals surface area contributed by atoms with Gasteiger partial charge in [-0.1, -0.05) is 0 Å². The van der Waals surface area contributed by atoms with Crippen LogP contribution in [0.2, 0.25) is 0 Å². The Balaban J connectivity index is 2.39. The van der Waals surface area contributed by atoms with Crippen LogP contribution in [0.4, 0.5) is 10.1 Å². The van der Waals surface area contributed by atoms with Crippen molar-refractivity contribution in [1.82, 2.24) is 0 Å². The number of amides is 1. The number of fused-ring (bicyclic) bond motifs is 1. The highest BCUT2D eigenvalue weighted by molar-refractivity contribution is 6.52. The molecule has 0 saturated carbocycles. The molecular formula is C11H11FN2O2. The highest BCUT2D eigenvalue weighted by Gasteiger charge is 2.35. The molecule has 2 N–H and O–H groups in total. The van der Waals surface area contributed by atoms with Gasteiger partial charge in [0, 0.05) is 6.54 Å². The van der Waals surface area contributed by atoms with E-state index < -0.39 is 17.5 Å². The smallest absolute Gasteiger partial charge is 0.299 e. The molecule has 84 valence electrons. The van der Waals surface area contributed by atoms with E-state index in [9.17, 15) is 14.0 Å². The maximum absolute atomic E-state index is 13.0. The molecule has 0 spiro atoms. The van der Waals surface area contributed by atoms with E-state index in [1.165, 1.54) is 23.1 Å². The Kier molecular flexibility index (Phi) is 2.70. The molecule has 1 amide bonds. The number of nitrogens with two attached hydrogens (primary N) is 1. The monoisotopic (exact) mass is 222 g/mol. The van der Waals surface area contributed by atoms with Crippen molar-refractivity contribution in [2.45, 2.75) is 6.42 Å². The fourth-order valence-electron chi connectivity index (χ4n) is 1.74. The van der Waals surface area contributed by atoms with Crippen molar-refractivity contribution >= 4 is 17.4 Å². The number of benzene rings is 1. The van der Waals surface area contributed by atoms with Crippen molar-refractivity contribution in [1.29, 1.82) is 0 Å². The molecule has 0 aliphatic carbocycles. The summed E-state index contributed by atoms with van der Waals surface area (Å²) in [7, 11) is 0. The molecule has 0 radical (unpaired) electrons. The van der Waals surface area contributed by atoms with E-state index >= 15 is 0 Å². The summed E-state index contributed by atoms with van der Waals surface area (Å²) in [6.07, 6.45) is 0.578. The first-order valence-corrected chi connectivity index (χ1v) is 5.01. The molecule has 4 nitrogen and oxygen atoms in total. The van der Waals surface area contributed by atoms with E-state index in [4.69, 9.17) is 5.73 Å². The molecule has 2 rings (SSSR count).